The van der Waals surface area contributed by atoms with Gasteiger partial charge in [-0.15, -0.1) is 18.3 Å². The number of amides is 2. The van der Waals surface area contributed by atoms with Gasteiger partial charge in [-0.2, -0.15) is 0 Å². The Labute approximate surface area is 175 Å². The van der Waals surface area contributed by atoms with Crippen molar-refractivity contribution >= 4 is 35.0 Å². The van der Waals surface area contributed by atoms with Crippen LogP contribution in [0.25, 0.3) is 0 Å². The molecule has 154 valence electrons. The summed E-state index contributed by atoms with van der Waals surface area (Å²) in [6, 6.07) is 12.2. The second-order valence-electron chi connectivity index (χ2n) is 5.88. The van der Waals surface area contributed by atoms with E-state index in [1.165, 1.54) is 11.8 Å². The summed E-state index contributed by atoms with van der Waals surface area (Å²) < 4.78 is 11.4. The topological polar surface area (TPSA) is 76.7 Å². The molecule has 0 saturated carbocycles. The van der Waals surface area contributed by atoms with E-state index in [0.717, 1.165) is 0 Å². The summed E-state index contributed by atoms with van der Waals surface area (Å²) in [6.07, 6.45) is 1.75. The number of hydrogen-bond donors (Lipinski definition) is 2. The highest BCUT2D eigenvalue weighted by Gasteiger charge is 2.16. The Morgan fingerprint density at radius 2 is 1.59 bits per heavy atom. The van der Waals surface area contributed by atoms with Crippen molar-refractivity contribution in [3.8, 4) is 11.5 Å². The van der Waals surface area contributed by atoms with Crippen LogP contribution in [-0.2, 0) is 4.79 Å². The lowest BCUT2D eigenvalue weighted by Crippen LogP contribution is -2.17. The molecule has 6 nitrogen and oxygen atoms in total. The van der Waals surface area contributed by atoms with Gasteiger partial charge in [0.15, 0.2) is 0 Å². The van der Waals surface area contributed by atoms with Gasteiger partial charge in [0, 0.05) is 23.4 Å². The lowest BCUT2D eigenvalue weighted by atomic mass is 10.2. The molecule has 0 fully saturated rings. The fourth-order valence-electron chi connectivity index (χ4n) is 2.51. The van der Waals surface area contributed by atoms with Crippen LogP contribution in [0.5, 0.6) is 11.5 Å². The van der Waals surface area contributed by atoms with Crippen molar-refractivity contribution in [3.05, 3.63) is 60.7 Å². The van der Waals surface area contributed by atoms with Crippen LogP contribution in [-0.4, -0.2) is 36.5 Å². The largest absolute Gasteiger partial charge is 0.492 e. The normalized spacial score (nSPS) is 10.1. The monoisotopic (exact) mass is 414 g/mol. The predicted octanol–water partition coefficient (Wildman–Crippen LogP) is 4.59. The molecule has 0 aliphatic heterocycles. The van der Waals surface area contributed by atoms with Gasteiger partial charge < -0.3 is 20.1 Å². The van der Waals surface area contributed by atoms with Crippen molar-refractivity contribution in [1.29, 1.82) is 0 Å². The van der Waals surface area contributed by atoms with Gasteiger partial charge in [-0.25, -0.2) is 0 Å². The van der Waals surface area contributed by atoms with Crippen molar-refractivity contribution in [2.24, 2.45) is 0 Å². The van der Waals surface area contributed by atoms with E-state index in [4.69, 9.17) is 9.47 Å². The maximum Gasteiger partial charge on any atom is 0.255 e. The summed E-state index contributed by atoms with van der Waals surface area (Å²) in [4.78, 5) is 24.8. The molecule has 2 aromatic rings. The first-order chi connectivity index (χ1) is 14.1. The number of thioether (sulfide) groups is 1. The fourth-order valence-corrected chi connectivity index (χ4v) is 3.05. The molecule has 0 aliphatic rings. The van der Waals surface area contributed by atoms with E-state index in [9.17, 15) is 9.59 Å². The molecule has 0 radical (unpaired) electrons. The second kappa shape index (κ2) is 11.8. The highest BCUT2D eigenvalue weighted by Crippen LogP contribution is 2.37. The molecule has 0 atom stereocenters. The maximum absolute atomic E-state index is 12.6. The standard InChI is InChI=1S/C22H26N2O4S/c1-4-12-29-15-21(25)23-17-13-20(28-6-3)18(14-19(17)27-5-2)24-22(26)16-10-8-7-9-11-16/h4,7-11,13-14H,1,5-6,12,15H2,2-3H3,(H,23,25)(H,24,26). The molecule has 0 heterocycles. The Morgan fingerprint density at radius 1 is 1.00 bits per heavy atom. The molecule has 2 aromatic carbocycles. The Balaban J connectivity index is 2.28. The number of hydrogen-bond acceptors (Lipinski definition) is 5. The summed E-state index contributed by atoms with van der Waals surface area (Å²) in [6.45, 7) is 8.16. The van der Waals surface area contributed by atoms with E-state index in [-0.39, 0.29) is 11.8 Å². The SMILES string of the molecule is C=CCSCC(=O)Nc1cc(OCC)c(NC(=O)c2ccccc2)cc1OCC. The van der Waals surface area contributed by atoms with Gasteiger partial charge in [0.05, 0.1) is 30.3 Å². The quantitative estimate of drug-likeness (QED) is 0.415. The van der Waals surface area contributed by atoms with Crippen LogP contribution >= 0.6 is 11.8 Å². The zero-order valence-corrected chi connectivity index (χ0v) is 17.5. The lowest BCUT2D eigenvalue weighted by Gasteiger charge is -2.18. The van der Waals surface area contributed by atoms with Crippen LogP contribution in [0.3, 0.4) is 0 Å². The van der Waals surface area contributed by atoms with Gasteiger partial charge >= 0.3 is 0 Å². The average molecular weight is 415 g/mol. The van der Waals surface area contributed by atoms with Crippen molar-refractivity contribution < 1.29 is 19.1 Å². The van der Waals surface area contributed by atoms with E-state index >= 15 is 0 Å². The molecule has 7 heteroatoms. The molecule has 29 heavy (non-hydrogen) atoms. The Hall–Kier alpha value is -2.93. The van der Waals surface area contributed by atoms with Crippen LogP contribution in [0.4, 0.5) is 11.4 Å². The molecular weight excluding hydrogens is 388 g/mol. The third-order valence-electron chi connectivity index (χ3n) is 3.71. The van der Waals surface area contributed by atoms with Crippen LogP contribution < -0.4 is 20.1 Å². The van der Waals surface area contributed by atoms with E-state index in [1.54, 1.807) is 42.5 Å². The van der Waals surface area contributed by atoms with E-state index in [0.29, 0.717) is 53.2 Å². The minimum atomic E-state index is -0.258. The van der Waals surface area contributed by atoms with Crippen LogP contribution in [0.1, 0.15) is 24.2 Å². The number of benzene rings is 2. The van der Waals surface area contributed by atoms with E-state index < -0.39 is 0 Å². The third kappa shape index (κ3) is 6.87. The van der Waals surface area contributed by atoms with Gasteiger partial charge in [-0.05, 0) is 26.0 Å². The molecule has 0 aromatic heterocycles. The minimum absolute atomic E-state index is 0.152. The molecule has 0 bridgehead atoms. The van der Waals surface area contributed by atoms with Crippen molar-refractivity contribution in [2.45, 2.75) is 13.8 Å². The zero-order chi connectivity index (χ0) is 21.1. The first-order valence-corrected chi connectivity index (χ1v) is 10.5. The maximum atomic E-state index is 12.6. The van der Waals surface area contributed by atoms with E-state index in [2.05, 4.69) is 17.2 Å². The molecular formula is C22H26N2O4S. The summed E-state index contributed by atoms with van der Waals surface area (Å²) in [5.74, 6) is 1.50. The van der Waals surface area contributed by atoms with Crippen molar-refractivity contribution in [2.75, 3.05) is 35.4 Å². The Kier molecular flexibility index (Phi) is 9.11. The van der Waals surface area contributed by atoms with Crippen LogP contribution in [0.2, 0.25) is 0 Å². The first kappa shape index (κ1) is 22.4. The van der Waals surface area contributed by atoms with Gasteiger partial charge in [0.1, 0.15) is 11.5 Å². The number of rotatable bonds is 11. The number of ether oxygens (including phenoxy) is 2. The molecule has 0 spiro atoms. The number of carbonyl (C=O) groups is 2. The molecule has 0 saturated heterocycles. The first-order valence-electron chi connectivity index (χ1n) is 9.37. The number of anilines is 2. The summed E-state index contributed by atoms with van der Waals surface area (Å²) in [7, 11) is 0. The van der Waals surface area contributed by atoms with Crippen LogP contribution in [0.15, 0.2) is 55.1 Å². The Bertz CT molecular complexity index is 840. The number of carbonyl (C=O) groups excluding carboxylic acids is 2. The molecule has 2 rings (SSSR count). The average Bonchev–Trinajstić information content (AvgIpc) is 2.72. The smallest absolute Gasteiger partial charge is 0.255 e. The van der Waals surface area contributed by atoms with Gasteiger partial charge in [0.2, 0.25) is 5.91 Å². The number of nitrogens with one attached hydrogen (secondary N) is 2. The van der Waals surface area contributed by atoms with E-state index in [1.807, 2.05) is 19.9 Å². The highest BCUT2D eigenvalue weighted by atomic mass is 32.2. The highest BCUT2D eigenvalue weighted by molar-refractivity contribution is 8.00. The van der Waals surface area contributed by atoms with Gasteiger partial charge in [-0.1, -0.05) is 24.3 Å². The minimum Gasteiger partial charge on any atom is -0.492 e. The zero-order valence-electron chi connectivity index (χ0n) is 16.7. The fraction of sp³-hybridized carbons (Fsp3) is 0.273. The summed E-state index contributed by atoms with van der Waals surface area (Å²) in [5.41, 5.74) is 1.50. The third-order valence-corrected chi connectivity index (χ3v) is 4.65. The van der Waals surface area contributed by atoms with Gasteiger partial charge in [-0.3, -0.25) is 9.59 Å². The van der Waals surface area contributed by atoms with Crippen molar-refractivity contribution in [3.63, 3.8) is 0 Å². The second-order valence-corrected chi connectivity index (χ2v) is 6.91. The summed E-state index contributed by atoms with van der Waals surface area (Å²) in [5, 5.41) is 5.71. The Morgan fingerprint density at radius 3 is 2.14 bits per heavy atom. The van der Waals surface area contributed by atoms with Crippen molar-refractivity contribution in [1.82, 2.24) is 0 Å². The molecule has 0 unspecified atom stereocenters. The van der Waals surface area contributed by atoms with Crippen LogP contribution in [0, 0.1) is 0 Å². The predicted molar refractivity (Wildman–Crippen MR) is 119 cm³/mol. The van der Waals surface area contributed by atoms with Gasteiger partial charge in [0.25, 0.3) is 5.91 Å². The lowest BCUT2D eigenvalue weighted by molar-refractivity contribution is -0.113. The molecule has 2 N–H and O–H groups in total. The molecule has 0 aliphatic carbocycles. The molecule has 2 amide bonds. The summed E-state index contributed by atoms with van der Waals surface area (Å²) >= 11 is 1.46.